The van der Waals surface area contributed by atoms with E-state index in [2.05, 4.69) is 81.8 Å². The average Bonchev–Trinajstić information content (AvgIpc) is 3.32. The van der Waals surface area contributed by atoms with Crippen molar-refractivity contribution in [2.45, 2.75) is 25.6 Å². The Bertz CT molecular complexity index is 982. The first kappa shape index (κ1) is 16.1. The minimum Gasteiger partial charge on any atom is -0.464 e. The van der Waals surface area contributed by atoms with Gasteiger partial charge >= 0.3 is 0 Å². The molecule has 3 aromatic rings. The molecule has 3 heterocycles. The molecule has 0 fully saturated rings. The number of hydrogen-bond donors (Lipinski definition) is 0. The van der Waals surface area contributed by atoms with Crippen LogP contribution in [0.4, 0.5) is 0 Å². The molecule has 0 bridgehead atoms. The van der Waals surface area contributed by atoms with Crippen molar-refractivity contribution in [2.24, 2.45) is 5.10 Å². The highest BCUT2D eigenvalue weighted by molar-refractivity contribution is 9.10. The highest BCUT2D eigenvalue weighted by atomic mass is 79.9. The summed E-state index contributed by atoms with van der Waals surface area (Å²) in [6, 6.07) is 19.2. The SMILES string of the molecule is Cc1ccc([C@H]2Oc3ccc(Br)cc3[C@H]3CC(c4cccs4)=NN32)cc1. The fraction of sp³-hybridized carbons (Fsp3) is 0.190. The summed E-state index contributed by atoms with van der Waals surface area (Å²) in [5.41, 5.74) is 4.71. The lowest BCUT2D eigenvalue weighted by molar-refractivity contribution is -0.0190. The van der Waals surface area contributed by atoms with Crippen LogP contribution in [-0.2, 0) is 0 Å². The van der Waals surface area contributed by atoms with Crippen molar-refractivity contribution in [2.75, 3.05) is 0 Å². The molecule has 130 valence electrons. The van der Waals surface area contributed by atoms with Crippen LogP contribution < -0.4 is 4.74 Å². The van der Waals surface area contributed by atoms with Gasteiger partial charge in [0, 0.05) is 22.0 Å². The molecule has 0 unspecified atom stereocenters. The molecule has 3 nitrogen and oxygen atoms in total. The zero-order valence-electron chi connectivity index (χ0n) is 14.2. The van der Waals surface area contributed by atoms with Crippen LogP contribution in [0.25, 0.3) is 0 Å². The summed E-state index contributed by atoms with van der Waals surface area (Å²) >= 11 is 5.34. The van der Waals surface area contributed by atoms with E-state index in [-0.39, 0.29) is 12.3 Å². The van der Waals surface area contributed by atoms with Crippen molar-refractivity contribution in [3.63, 3.8) is 0 Å². The Morgan fingerprint density at radius 2 is 2.00 bits per heavy atom. The molecule has 2 aliphatic rings. The van der Waals surface area contributed by atoms with Crippen LogP contribution >= 0.6 is 27.3 Å². The molecule has 0 saturated carbocycles. The predicted molar refractivity (Wildman–Crippen MR) is 109 cm³/mol. The Balaban J connectivity index is 1.61. The Kier molecular flexibility index (Phi) is 3.87. The molecule has 5 rings (SSSR count). The van der Waals surface area contributed by atoms with Gasteiger partial charge in [-0.2, -0.15) is 5.10 Å². The number of ether oxygens (including phenoxy) is 1. The number of hydrazone groups is 1. The van der Waals surface area contributed by atoms with Crippen LogP contribution in [0, 0.1) is 6.92 Å². The standard InChI is InChI=1S/C21H17BrN2OS/c1-13-4-6-14(7-5-13)21-24-18(12-17(23-24)20-3-2-10-26-20)16-11-15(22)8-9-19(16)25-21/h2-11,18,21H,12H2,1H3/t18-,21-/m1/s1. The molecule has 2 aliphatic heterocycles. The van der Waals surface area contributed by atoms with E-state index in [1.54, 1.807) is 11.3 Å². The molecular weight excluding hydrogens is 408 g/mol. The minimum atomic E-state index is -0.202. The third kappa shape index (κ3) is 2.66. The van der Waals surface area contributed by atoms with Gasteiger partial charge in [-0.05, 0) is 36.6 Å². The first-order chi connectivity index (χ1) is 12.7. The number of halogens is 1. The van der Waals surface area contributed by atoms with Gasteiger partial charge in [0.15, 0.2) is 0 Å². The smallest absolute Gasteiger partial charge is 0.213 e. The molecule has 0 aliphatic carbocycles. The molecular formula is C21H17BrN2OS. The normalized spacial score (nSPS) is 21.0. The van der Waals surface area contributed by atoms with Gasteiger partial charge in [-0.3, -0.25) is 0 Å². The van der Waals surface area contributed by atoms with Crippen LogP contribution in [0.15, 0.2) is 69.6 Å². The number of thiophene rings is 1. The van der Waals surface area contributed by atoms with Gasteiger partial charge in [0.1, 0.15) is 5.75 Å². The lowest BCUT2D eigenvalue weighted by atomic mass is 9.97. The van der Waals surface area contributed by atoms with Crippen LogP contribution in [0.5, 0.6) is 5.75 Å². The van der Waals surface area contributed by atoms with E-state index in [1.807, 2.05) is 6.07 Å². The van der Waals surface area contributed by atoms with Crippen molar-refractivity contribution in [1.82, 2.24) is 5.01 Å². The first-order valence-electron chi connectivity index (χ1n) is 8.61. The van der Waals surface area contributed by atoms with E-state index in [0.717, 1.165) is 27.9 Å². The third-order valence-electron chi connectivity index (χ3n) is 4.92. The first-order valence-corrected chi connectivity index (χ1v) is 10.3. The molecule has 0 saturated heterocycles. The Morgan fingerprint density at radius 1 is 1.15 bits per heavy atom. The maximum absolute atomic E-state index is 6.39. The van der Waals surface area contributed by atoms with Crippen molar-refractivity contribution in [3.8, 4) is 5.75 Å². The van der Waals surface area contributed by atoms with Crippen LogP contribution in [0.3, 0.4) is 0 Å². The second-order valence-corrected chi connectivity index (χ2v) is 8.55. The second kappa shape index (κ2) is 6.25. The molecule has 2 aromatic carbocycles. The number of hydrogen-bond acceptors (Lipinski definition) is 4. The van der Waals surface area contributed by atoms with Crippen molar-refractivity contribution < 1.29 is 4.74 Å². The number of rotatable bonds is 2. The van der Waals surface area contributed by atoms with Crippen LogP contribution in [0.2, 0.25) is 0 Å². The quantitative estimate of drug-likeness (QED) is 0.499. The van der Waals surface area contributed by atoms with E-state index >= 15 is 0 Å². The summed E-state index contributed by atoms with van der Waals surface area (Å²) in [4.78, 5) is 1.23. The van der Waals surface area contributed by atoms with Crippen LogP contribution in [-0.4, -0.2) is 10.7 Å². The molecule has 2 atom stereocenters. The van der Waals surface area contributed by atoms with Gasteiger partial charge in [-0.25, -0.2) is 5.01 Å². The number of benzene rings is 2. The third-order valence-corrected chi connectivity index (χ3v) is 6.33. The maximum atomic E-state index is 6.39. The largest absolute Gasteiger partial charge is 0.464 e. The molecule has 0 spiro atoms. The monoisotopic (exact) mass is 424 g/mol. The summed E-state index contributed by atoms with van der Waals surface area (Å²) in [7, 11) is 0. The molecule has 5 heteroatoms. The van der Waals surface area contributed by atoms with Crippen LogP contribution in [0.1, 0.15) is 40.3 Å². The fourth-order valence-electron chi connectivity index (χ4n) is 3.60. The number of aryl methyl sites for hydroxylation is 1. The lowest BCUT2D eigenvalue weighted by Crippen LogP contribution is -2.33. The van der Waals surface area contributed by atoms with E-state index in [0.29, 0.717) is 0 Å². The summed E-state index contributed by atoms with van der Waals surface area (Å²) in [6.07, 6.45) is 0.696. The van der Waals surface area contributed by atoms with E-state index in [1.165, 1.54) is 16.0 Å². The predicted octanol–water partition coefficient (Wildman–Crippen LogP) is 6.06. The van der Waals surface area contributed by atoms with Gasteiger partial charge in [-0.1, -0.05) is 51.8 Å². The summed E-state index contributed by atoms with van der Waals surface area (Å²) < 4.78 is 7.46. The molecule has 1 aromatic heterocycles. The van der Waals surface area contributed by atoms with Gasteiger partial charge in [0.2, 0.25) is 6.23 Å². The van der Waals surface area contributed by atoms with Gasteiger partial charge in [0.25, 0.3) is 0 Å². The van der Waals surface area contributed by atoms with Gasteiger partial charge in [0.05, 0.1) is 16.6 Å². The Morgan fingerprint density at radius 3 is 2.77 bits per heavy atom. The van der Waals surface area contributed by atoms with E-state index in [9.17, 15) is 0 Å². The van der Waals surface area contributed by atoms with E-state index in [4.69, 9.17) is 9.84 Å². The lowest BCUT2D eigenvalue weighted by Gasteiger charge is -2.38. The van der Waals surface area contributed by atoms with E-state index < -0.39 is 0 Å². The second-order valence-electron chi connectivity index (χ2n) is 6.69. The van der Waals surface area contributed by atoms with Crippen molar-refractivity contribution in [3.05, 3.63) is 86.0 Å². The summed E-state index contributed by atoms with van der Waals surface area (Å²) in [6.45, 7) is 2.10. The molecule has 0 radical (unpaired) electrons. The van der Waals surface area contributed by atoms with Crippen molar-refractivity contribution in [1.29, 1.82) is 0 Å². The Labute approximate surface area is 165 Å². The summed E-state index contributed by atoms with van der Waals surface area (Å²) in [5.74, 6) is 0.947. The number of nitrogens with zero attached hydrogens (tertiary/aromatic N) is 2. The molecule has 0 amide bonds. The topological polar surface area (TPSA) is 24.8 Å². The van der Waals surface area contributed by atoms with Gasteiger partial charge in [-0.15, -0.1) is 11.3 Å². The molecule has 0 N–H and O–H groups in total. The number of fused-ring (bicyclic) bond motifs is 3. The summed E-state index contributed by atoms with van der Waals surface area (Å²) in [5, 5.41) is 9.22. The molecule has 26 heavy (non-hydrogen) atoms. The maximum Gasteiger partial charge on any atom is 0.213 e. The highest BCUT2D eigenvalue weighted by Crippen LogP contribution is 2.48. The Hall–Kier alpha value is -2.11. The average molecular weight is 425 g/mol. The zero-order chi connectivity index (χ0) is 17.7. The minimum absolute atomic E-state index is 0.194. The van der Waals surface area contributed by atoms with Gasteiger partial charge < -0.3 is 4.74 Å². The highest BCUT2D eigenvalue weighted by Gasteiger charge is 2.41. The fourth-order valence-corrected chi connectivity index (χ4v) is 4.70. The van der Waals surface area contributed by atoms with Crippen molar-refractivity contribution >= 4 is 33.0 Å². The zero-order valence-corrected chi connectivity index (χ0v) is 16.6.